The average molecular weight is 463 g/mol. The molecule has 5 aromatic rings. The van der Waals surface area contributed by atoms with Gasteiger partial charge in [-0.1, -0.05) is 61.2 Å². The summed E-state index contributed by atoms with van der Waals surface area (Å²) in [5.41, 5.74) is 3.17. The van der Waals surface area contributed by atoms with Crippen LogP contribution in [0.25, 0.3) is 16.0 Å². The second kappa shape index (κ2) is 8.80. The van der Waals surface area contributed by atoms with Gasteiger partial charge in [-0.15, -0.1) is 21.5 Å². The fourth-order valence-electron chi connectivity index (χ4n) is 3.83. The van der Waals surface area contributed by atoms with Crippen molar-refractivity contribution in [1.82, 2.24) is 19.2 Å². The van der Waals surface area contributed by atoms with E-state index in [0.29, 0.717) is 12.3 Å². The van der Waals surface area contributed by atoms with Gasteiger partial charge in [0.25, 0.3) is 5.56 Å². The summed E-state index contributed by atoms with van der Waals surface area (Å²) in [4.78, 5) is 13.3. The highest BCUT2D eigenvalue weighted by Crippen LogP contribution is 2.28. The lowest BCUT2D eigenvalue weighted by Gasteiger charge is -2.15. The Morgan fingerprint density at radius 1 is 1.09 bits per heavy atom. The van der Waals surface area contributed by atoms with Crippen molar-refractivity contribution in [2.45, 2.75) is 30.3 Å². The average Bonchev–Trinajstić information content (AvgIpc) is 3.48. The summed E-state index contributed by atoms with van der Waals surface area (Å²) in [5, 5.41) is 11.6. The van der Waals surface area contributed by atoms with E-state index in [2.05, 4.69) is 35.3 Å². The Hall–Kier alpha value is -3.10. The van der Waals surface area contributed by atoms with Crippen LogP contribution >= 0.6 is 23.1 Å². The molecule has 0 saturated heterocycles. The number of fused-ring (bicyclic) bond motifs is 3. The molecular weight excluding hydrogens is 440 g/mol. The van der Waals surface area contributed by atoms with Crippen LogP contribution in [-0.4, -0.2) is 26.3 Å². The Morgan fingerprint density at radius 3 is 2.75 bits per heavy atom. The Kier molecular flexibility index (Phi) is 5.71. The highest BCUT2D eigenvalue weighted by molar-refractivity contribution is 7.98. The highest BCUT2D eigenvalue weighted by atomic mass is 32.2. The first kappa shape index (κ1) is 20.8. The van der Waals surface area contributed by atoms with Crippen molar-refractivity contribution in [2.24, 2.45) is 0 Å². The molecule has 162 valence electrons. The van der Waals surface area contributed by atoms with Gasteiger partial charge in [0.2, 0.25) is 5.78 Å². The van der Waals surface area contributed by atoms with Crippen LogP contribution in [0, 0.1) is 0 Å². The molecule has 0 spiro atoms. The van der Waals surface area contributed by atoms with Crippen molar-refractivity contribution in [3.8, 4) is 5.75 Å². The normalized spacial score (nSPS) is 12.4. The Balaban J connectivity index is 1.54. The van der Waals surface area contributed by atoms with E-state index in [9.17, 15) is 4.79 Å². The molecule has 3 heterocycles. The number of nitrogens with zero attached hydrogens (tertiary/aromatic N) is 4. The van der Waals surface area contributed by atoms with Crippen molar-refractivity contribution >= 4 is 39.1 Å². The summed E-state index contributed by atoms with van der Waals surface area (Å²) in [6.07, 6.45) is 0. The maximum atomic E-state index is 13.3. The monoisotopic (exact) mass is 462 g/mol. The molecule has 8 heteroatoms. The molecule has 2 aromatic carbocycles. The fourth-order valence-corrected chi connectivity index (χ4v) is 5.54. The lowest BCUT2D eigenvalue weighted by Crippen LogP contribution is -2.24. The van der Waals surface area contributed by atoms with Gasteiger partial charge in [0.1, 0.15) is 10.4 Å². The lowest BCUT2D eigenvalue weighted by atomic mass is 10.0. The zero-order valence-corrected chi connectivity index (χ0v) is 19.4. The van der Waals surface area contributed by atoms with Gasteiger partial charge < -0.3 is 4.74 Å². The summed E-state index contributed by atoms with van der Waals surface area (Å²) >= 11 is 3.06. The smallest absolute Gasteiger partial charge is 0.272 e. The van der Waals surface area contributed by atoms with Gasteiger partial charge in [0.15, 0.2) is 5.16 Å². The third-order valence-electron chi connectivity index (χ3n) is 5.51. The molecule has 0 radical (unpaired) electrons. The topological polar surface area (TPSA) is 61.4 Å². The van der Waals surface area contributed by atoms with Crippen LogP contribution in [-0.2, 0) is 12.3 Å². The maximum absolute atomic E-state index is 13.3. The molecule has 5 rings (SSSR count). The maximum Gasteiger partial charge on any atom is 0.272 e. The van der Waals surface area contributed by atoms with Crippen LogP contribution in [0.3, 0.4) is 0 Å². The van der Waals surface area contributed by atoms with E-state index in [-0.39, 0.29) is 11.5 Å². The van der Waals surface area contributed by atoms with Crippen molar-refractivity contribution in [3.05, 3.63) is 87.5 Å². The minimum atomic E-state index is -0.0120. The van der Waals surface area contributed by atoms with E-state index < -0.39 is 0 Å². The standard InChI is InChI=1S/C24H22N4O2S2/c1-16(18-8-4-3-5-9-18)14-27-22(29)21-20(11-12-31-21)28-23(27)25-26-24(28)32-15-17-7-6-10-19(13-17)30-2/h3-13,16H,14-15H2,1-2H3/t16-/m1/s1. The van der Waals surface area contributed by atoms with Gasteiger partial charge in [-0.25, -0.2) is 0 Å². The van der Waals surface area contributed by atoms with Gasteiger partial charge in [-0.05, 0) is 40.6 Å². The molecular formula is C24H22N4O2S2. The van der Waals surface area contributed by atoms with Crippen LogP contribution in [0.5, 0.6) is 5.75 Å². The summed E-state index contributed by atoms with van der Waals surface area (Å²) < 4.78 is 9.83. The van der Waals surface area contributed by atoms with Crippen LogP contribution < -0.4 is 10.3 Å². The van der Waals surface area contributed by atoms with E-state index in [1.807, 2.05) is 52.2 Å². The number of hydrogen-bond acceptors (Lipinski definition) is 6. The predicted octanol–water partition coefficient (Wildman–Crippen LogP) is 5.21. The molecule has 0 N–H and O–H groups in total. The SMILES string of the molecule is COc1cccc(CSc2nnc3n(C[C@@H](C)c4ccccc4)c(=O)c4sccc4n23)c1. The second-order valence-electron chi connectivity index (χ2n) is 7.62. The van der Waals surface area contributed by atoms with Gasteiger partial charge in [-0.2, -0.15) is 0 Å². The molecule has 3 aromatic heterocycles. The Bertz CT molecular complexity index is 1440. The number of methoxy groups -OCH3 is 1. The molecule has 0 aliphatic heterocycles. The van der Waals surface area contributed by atoms with Crippen molar-refractivity contribution in [1.29, 1.82) is 0 Å². The Morgan fingerprint density at radius 2 is 1.94 bits per heavy atom. The zero-order valence-electron chi connectivity index (χ0n) is 17.8. The van der Waals surface area contributed by atoms with E-state index in [1.165, 1.54) is 16.9 Å². The molecule has 0 fully saturated rings. The molecule has 0 saturated carbocycles. The van der Waals surface area contributed by atoms with Gasteiger partial charge in [0.05, 0.1) is 12.6 Å². The molecule has 6 nitrogen and oxygen atoms in total. The number of thioether (sulfide) groups is 1. The molecule has 0 bridgehead atoms. The van der Waals surface area contributed by atoms with Crippen LogP contribution in [0.4, 0.5) is 0 Å². The summed E-state index contributed by atoms with van der Waals surface area (Å²) in [6.45, 7) is 2.67. The fraction of sp³-hybridized carbons (Fsp3) is 0.208. The largest absolute Gasteiger partial charge is 0.497 e. The van der Waals surface area contributed by atoms with E-state index >= 15 is 0 Å². The summed E-state index contributed by atoms with van der Waals surface area (Å²) in [5.74, 6) is 2.30. The van der Waals surface area contributed by atoms with Crippen LogP contribution in [0.15, 0.2) is 76.0 Å². The Labute approximate surface area is 193 Å². The zero-order chi connectivity index (χ0) is 22.1. The highest BCUT2D eigenvalue weighted by Gasteiger charge is 2.19. The lowest BCUT2D eigenvalue weighted by molar-refractivity contribution is 0.414. The second-order valence-corrected chi connectivity index (χ2v) is 9.48. The first-order valence-corrected chi connectivity index (χ1v) is 12.2. The van der Waals surface area contributed by atoms with Crippen LogP contribution in [0.2, 0.25) is 0 Å². The van der Waals surface area contributed by atoms with Crippen molar-refractivity contribution in [2.75, 3.05) is 7.11 Å². The number of ether oxygens (including phenoxy) is 1. The summed E-state index contributed by atoms with van der Waals surface area (Å²) in [7, 11) is 1.67. The minimum Gasteiger partial charge on any atom is -0.497 e. The van der Waals surface area contributed by atoms with Crippen molar-refractivity contribution < 1.29 is 4.74 Å². The number of benzene rings is 2. The van der Waals surface area contributed by atoms with Gasteiger partial charge in [-0.3, -0.25) is 13.8 Å². The molecule has 32 heavy (non-hydrogen) atoms. The van der Waals surface area contributed by atoms with Crippen LogP contribution in [0.1, 0.15) is 24.0 Å². The predicted molar refractivity (Wildman–Crippen MR) is 130 cm³/mol. The van der Waals surface area contributed by atoms with Gasteiger partial charge in [0, 0.05) is 12.3 Å². The molecule has 1 atom stereocenters. The van der Waals surface area contributed by atoms with Gasteiger partial charge >= 0.3 is 0 Å². The molecule has 0 amide bonds. The first-order chi connectivity index (χ1) is 15.7. The number of rotatable bonds is 7. The number of thiophene rings is 1. The first-order valence-electron chi connectivity index (χ1n) is 10.3. The number of aromatic nitrogens is 4. The van der Waals surface area contributed by atoms with E-state index in [1.54, 1.807) is 23.4 Å². The van der Waals surface area contributed by atoms with E-state index in [4.69, 9.17) is 4.74 Å². The number of hydrogen-bond donors (Lipinski definition) is 0. The summed E-state index contributed by atoms with van der Waals surface area (Å²) in [6, 6.07) is 20.2. The minimum absolute atomic E-state index is 0.0120. The third-order valence-corrected chi connectivity index (χ3v) is 7.40. The third kappa shape index (κ3) is 3.80. The van der Waals surface area contributed by atoms with E-state index in [0.717, 1.165) is 32.4 Å². The molecule has 0 aliphatic rings. The quantitative estimate of drug-likeness (QED) is 0.311. The van der Waals surface area contributed by atoms with Crippen molar-refractivity contribution in [3.63, 3.8) is 0 Å². The molecule has 0 unspecified atom stereocenters. The molecule has 0 aliphatic carbocycles.